The second-order valence-corrected chi connectivity index (χ2v) is 6.34. The number of benzene rings is 3. The molecular weight excluding hydrogens is 364 g/mol. The number of carbonyl (C=O) groups is 2. The van der Waals surface area contributed by atoms with Crippen molar-refractivity contribution in [1.29, 1.82) is 0 Å². The smallest absolute Gasteiger partial charge is 0.255 e. The number of halogens is 1. The molecule has 2 amide bonds. The van der Waals surface area contributed by atoms with E-state index in [1.807, 2.05) is 30.3 Å². The van der Waals surface area contributed by atoms with Crippen LogP contribution in [0.3, 0.4) is 0 Å². The molecule has 3 aromatic carbocycles. The molecule has 0 aromatic heterocycles. The average molecular weight is 381 g/mol. The molecule has 1 atom stereocenters. The summed E-state index contributed by atoms with van der Waals surface area (Å²) in [5, 5.41) is 12.4. The third kappa shape index (κ3) is 4.53. The topological polar surface area (TPSA) is 78.4 Å². The van der Waals surface area contributed by atoms with Gasteiger partial charge < -0.3 is 5.32 Å². The molecule has 1 unspecified atom stereocenters. The van der Waals surface area contributed by atoms with E-state index in [0.717, 1.165) is 5.56 Å². The van der Waals surface area contributed by atoms with Gasteiger partial charge in [0.15, 0.2) is 0 Å². The summed E-state index contributed by atoms with van der Waals surface area (Å²) in [5.41, 5.74) is 4.19. The van der Waals surface area contributed by atoms with Crippen LogP contribution in [-0.4, -0.2) is 17.0 Å². The first-order chi connectivity index (χ1) is 13.1. The van der Waals surface area contributed by atoms with Gasteiger partial charge in [-0.3, -0.25) is 14.8 Å². The zero-order chi connectivity index (χ0) is 19.2. The average Bonchev–Trinajstić information content (AvgIpc) is 2.70. The minimum Gasteiger partial charge on any atom is -0.322 e. The van der Waals surface area contributed by atoms with Crippen molar-refractivity contribution < 1.29 is 14.8 Å². The van der Waals surface area contributed by atoms with Crippen LogP contribution in [0.4, 0.5) is 5.69 Å². The van der Waals surface area contributed by atoms with Crippen LogP contribution in [0.2, 0.25) is 5.02 Å². The molecule has 0 radical (unpaired) electrons. The number of hydrogen-bond donors (Lipinski definition) is 3. The summed E-state index contributed by atoms with van der Waals surface area (Å²) < 4.78 is 0. The Morgan fingerprint density at radius 2 is 1.52 bits per heavy atom. The minimum atomic E-state index is -0.658. The van der Waals surface area contributed by atoms with Gasteiger partial charge in [0.2, 0.25) is 0 Å². The molecule has 27 heavy (non-hydrogen) atoms. The Bertz CT molecular complexity index is 943. The number of amides is 2. The number of anilines is 1. The maximum Gasteiger partial charge on any atom is 0.255 e. The van der Waals surface area contributed by atoms with E-state index in [2.05, 4.69) is 5.32 Å². The molecule has 136 valence electrons. The molecule has 6 heteroatoms. The highest BCUT2D eigenvalue weighted by atomic mass is 35.5. The molecule has 0 saturated carbocycles. The van der Waals surface area contributed by atoms with Gasteiger partial charge in [0.25, 0.3) is 11.8 Å². The summed E-state index contributed by atoms with van der Waals surface area (Å²) >= 11 is 5.91. The minimum absolute atomic E-state index is 0.280. The van der Waals surface area contributed by atoms with E-state index in [4.69, 9.17) is 16.8 Å². The molecule has 3 rings (SSSR count). The first-order valence-electron chi connectivity index (χ1n) is 8.24. The third-order valence-corrected chi connectivity index (χ3v) is 4.33. The maximum atomic E-state index is 12.3. The zero-order valence-electron chi connectivity index (χ0n) is 14.2. The van der Waals surface area contributed by atoms with Crippen molar-refractivity contribution in [3.63, 3.8) is 0 Å². The van der Waals surface area contributed by atoms with Crippen LogP contribution < -0.4 is 10.8 Å². The van der Waals surface area contributed by atoms with Crippen molar-refractivity contribution in [3.05, 3.63) is 101 Å². The summed E-state index contributed by atoms with van der Waals surface area (Å²) in [5.74, 6) is -1.47. The van der Waals surface area contributed by atoms with Gasteiger partial charge in [0, 0.05) is 16.3 Å². The Labute approximate surface area is 161 Å². The van der Waals surface area contributed by atoms with E-state index in [-0.39, 0.29) is 5.91 Å². The fourth-order valence-corrected chi connectivity index (χ4v) is 2.99. The van der Waals surface area contributed by atoms with Crippen LogP contribution in [0.25, 0.3) is 0 Å². The van der Waals surface area contributed by atoms with Crippen LogP contribution in [0, 0.1) is 0 Å². The molecule has 0 spiro atoms. The lowest BCUT2D eigenvalue weighted by Crippen LogP contribution is -2.27. The quantitative estimate of drug-likeness (QED) is 0.458. The van der Waals surface area contributed by atoms with Crippen LogP contribution in [0.1, 0.15) is 27.4 Å². The molecule has 0 heterocycles. The number of nitrogens with one attached hydrogen (secondary N) is 2. The SMILES string of the molecule is O=C(Nc1ccc(C(C(=O)NO)c2ccccc2)cc1)c1cccc(Cl)c1. The normalized spacial score (nSPS) is 11.5. The van der Waals surface area contributed by atoms with E-state index < -0.39 is 11.8 Å². The Morgan fingerprint density at radius 3 is 2.15 bits per heavy atom. The predicted molar refractivity (Wildman–Crippen MR) is 104 cm³/mol. The van der Waals surface area contributed by atoms with Gasteiger partial charge in [0.1, 0.15) is 0 Å². The lowest BCUT2D eigenvalue weighted by Gasteiger charge is -2.16. The molecule has 0 aliphatic heterocycles. The van der Waals surface area contributed by atoms with Gasteiger partial charge in [-0.2, -0.15) is 0 Å². The van der Waals surface area contributed by atoms with Crippen molar-refractivity contribution in [1.82, 2.24) is 5.48 Å². The third-order valence-electron chi connectivity index (χ3n) is 4.09. The standard InChI is InChI=1S/C21H17ClN2O3/c22-17-8-4-7-16(13-17)20(25)23-18-11-9-15(10-12-18)19(21(26)24-27)14-5-2-1-3-6-14/h1-13,19,27H,(H,23,25)(H,24,26). The lowest BCUT2D eigenvalue weighted by molar-refractivity contribution is -0.129. The summed E-state index contributed by atoms with van der Waals surface area (Å²) in [7, 11) is 0. The van der Waals surface area contributed by atoms with E-state index in [1.165, 1.54) is 0 Å². The molecule has 3 aromatic rings. The van der Waals surface area contributed by atoms with Crippen molar-refractivity contribution in [3.8, 4) is 0 Å². The predicted octanol–water partition coefficient (Wildman–Crippen LogP) is 4.23. The van der Waals surface area contributed by atoms with E-state index in [1.54, 1.807) is 54.0 Å². The van der Waals surface area contributed by atoms with Gasteiger partial charge in [-0.15, -0.1) is 0 Å². The summed E-state index contributed by atoms with van der Waals surface area (Å²) in [6.45, 7) is 0. The summed E-state index contributed by atoms with van der Waals surface area (Å²) in [6.07, 6.45) is 0. The Balaban J connectivity index is 1.81. The van der Waals surface area contributed by atoms with Crippen LogP contribution in [-0.2, 0) is 4.79 Å². The summed E-state index contributed by atoms with van der Waals surface area (Å²) in [4.78, 5) is 24.4. The Kier molecular flexibility index (Phi) is 5.86. The van der Waals surface area contributed by atoms with Crippen molar-refractivity contribution in [2.45, 2.75) is 5.92 Å². The van der Waals surface area contributed by atoms with Crippen molar-refractivity contribution in [2.24, 2.45) is 0 Å². The fourth-order valence-electron chi connectivity index (χ4n) is 2.80. The van der Waals surface area contributed by atoms with Crippen molar-refractivity contribution in [2.75, 3.05) is 5.32 Å². The molecule has 0 saturated heterocycles. The molecule has 5 nitrogen and oxygen atoms in total. The van der Waals surface area contributed by atoms with Crippen molar-refractivity contribution >= 4 is 29.1 Å². The Morgan fingerprint density at radius 1 is 0.852 bits per heavy atom. The van der Waals surface area contributed by atoms with Gasteiger partial charge in [-0.05, 0) is 41.5 Å². The maximum absolute atomic E-state index is 12.3. The van der Waals surface area contributed by atoms with Gasteiger partial charge in [-0.25, -0.2) is 5.48 Å². The Hall–Kier alpha value is -3.15. The molecule has 0 aliphatic carbocycles. The molecule has 0 fully saturated rings. The van der Waals surface area contributed by atoms with E-state index in [9.17, 15) is 9.59 Å². The number of carbonyl (C=O) groups excluding carboxylic acids is 2. The van der Waals surface area contributed by atoms with Gasteiger partial charge in [-0.1, -0.05) is 60.1 Å². The zero-order valence-corrected chi connectivity index (χ0v) is 15.0. The highest BCUT2D eigenvalue weighted by Gasteiger charge is 2.22. The van der Waals surface area contributed by atoms with Gasteiger partial charge in [0.05, 0.1) is 5.92 Å². The monoisotopic (exact) mass is 380 g/mol. The number of rotatable bonds is 5. The number of hydrogen-bond acceptors (Lipinski definition) is 3. The van der Waals surface area contributed by atoms with E-state index in [0.29, 0.717) is 21.8 Å². The van der Waals surface area contributed by atoms with Crippen LogP contribution >= 0.6 is 11.6 Å². The molecule has 3 N–H and O–H groups in total. The highest BCUT2D eigenvalue weighted by molar-refractivity contribution is 6.31. The second-order valence-electron chi connectivity index (χ2n) is 5.91. The first-order valence-corrected chi connectivity index (χ1v) is 8.62. The van der Waals surface area contributed by atoms with Crippen LogP contribution in [0.5, 0.6) is 0 Å². The first kappa shape index (κ1) is 18.6. The molecule has 0 aliphatic rings. The lowest BCUT2D eigenvalue weighted by atomic mass is 9.90. The summed E-state index contributed by atoms with van der Waals surface area (Å²) in [6, 6.07) is 22.7. The molecule has 0 bridgehead atoms. The largest absolute Gasteiger partial charge is 0.322 e. The number of hydroxylamine groups is 1. The molecular formula is C21H17ClN2O3. The fraction of sp³-hybridized carbons (Fsp3) is 0.0476. The van der Waals surface area contributed by atoms with Crippen LogP contribution in [0.15, 0.2) is 78.9 Å². The van der Waals surface area contributed by atoms with Gasteiger partial charge >= 0.3 is 0 Å². The highest BCUT2D eigenvalue weighted by Crippen LogP contribution is 2.26. The van der Waals surface area contributed by atoms with E-state index >= 15 is 0 Å². The second kappa shape index (κ2) is 8.49.